The molecule has 0 rings (SSSR count). The zero-order valence-corrected chi connectivity index (χ0v) is 11.5. The molecular weight excluding hydrogens is 228 g/mol. The molecule has 0 aromatic heterocycles. The number of nitrogens with one attached hydrogen (secondary N) is 1. The fourth-order valence-corrected chi connectivity index (χ4v) is 2.89. The van der Waals surface area contributed by atoms with Crippen LogP contribution in [0.3, 0.4) is 0 Å². The Morgan fingerprint density at radius 3 is 2.44 bits per heavy atom. The number of likely N-dealkylation sites (N-methyl/N-ethyl adjacent to an activating group) is 1. The Kier molecular flexibility index (Phi) is 7.91. The monoisotopic (exact) mass is 252 g/mol. The van der Waals surface area contributed by atoms with Crippen LogP contribution in [0, 0.1) is 0 Å². The van der Waals surface area contributed by atoms with Crippen LogP contribution in [0.2, 0.25) is 0 Å². The van der Waals surface area contributed by atoms with E-state index in [1.165, 1.54) is 4.31 Å². The quantitative estimate of drug-likeness (QED) is 0.640. The zero-order valence-electron chi connectivity index (χ0n) is 10.7. The van der Waals surface area contributed by atoms with Crippen LogP contribution in [-0.2, 0) is 14.8 Å². The second-order valence-corrected chi connectivity index (χ2v) is 6.00. The Hall–Kier alpha value is -0.170. The first-order valence-corrected chi connectivity index (χ1v) is 7.19. The number of nitrogens with zero attached hydrogens (tertiary/aromatic N) is 1. The molecule has 6 heteroatoms. The molecule has 98 valence electrons. The van der Waals surface area contributed by atoms with Crippen molar-refractivity contribution in [2.24, 2.45) is 0 Å². The van der Waals surface area contributed by atoms with E-state index in [1.807, 2.05) is 13.8 Å². The summed E-state index contributed by atoms with van der Waals surface area (Å²) in [6.07, 6.45) is 0. The molecular formula is C10H24N2O3S. The van der Waals surface area contributed by atoms with Crippen LogP contribution < -0.4 is 5.32 Å². The van der Waals surface area contributed by atoms with Crippen LogP contribution in [0.5, 0.6) is 0 Å². The molecule has 0 saturated heterocycles. The minimum Gasteiger partial charge on any atom is -0.383 e. The number of methoxy groups -OCH3 is 1. The molecule has 0 aromatic rings. The van der Waals surface area contributed by atoms with Gasteiger partial charge in [0.05, 0.1) is 11.9 Å². The van der Waals surface area contributed by atoms with Gasteiger partial charge in [0.15, 0.2) is 0 Å². The molecule has 1 unspecified atom stereocenters. The highest BCUT2D eigenvalue weighted by molar-refractivity contribution is 7.89. The van der Waals surface area contributed by atoms with E-state index < -0.39 is 15.3 Å². The van der Waals surface area contributed by atoms with Crippen molar-refractivity contribution in [3.63, 3.8) is 0 Å². The summed E-state index contributed by atoms with van der Waals surface area (Å²) in [5.41, 5.74) is 0. The summed E-state index contributed by atoms with van der Waals surface area (Å²) in [5.74, 6) is 0. The topological polar surface area (TPSA) is 58.6 Å². The highest BCUT2D eigenvalue weighted by Crippen LogP contribution is 2.07. The average Bonchev–Trinajstić information content (AvgIpc) is 2.26. The Morgan fingerprint density at radius 2 is 2.00 bits per heavy atom. The van der Waals surface area contributed by atoms with E-state index in [9.17, 15) is 8.42 Å². The maximum Gasteiger partial charge on any atom is 0.218 e. The molecule has 0 saturated carbocycles. The summed E-state index contributed by atoms with van der Waals surface area (Å²) < 4.78 is 30.6. The van der Waals surface area contributed by atoms with E-state index in [4.69, 9.17) is 4.74 Å². The van der Waals surface area contributed by atoms with Crippen molar-refractivity contribution in [3.05, 3.63) is 0 Å². The lowest BCUT2D eigenvalue weighted by molar-refractivity contribution is 0.180. The van der Waals surface area contributed by atoms with E-state index in [0.29, 0.717) is 26.2 Å². The van der Waals surface area contributed by atoms with Gasteiger partial charge in [0.2, 0.25) is 10.0 Å². The first kappa shape index (κ1) is 15.8. The van der Waals surface area contributed by atoms with Crippen molar-refractivity contribution < 1.29 is 13.2 Å². The third-order valence-electron chi connectivity index (χ3n) is 2.45. The van der Waals surface area contributed by atoms with Crippen LogP contribution in [0.25, 0.3) is 0 Å². The summed E-state index contributed by atoms with van der Waals surface area (Å²) in [5, 5.41) is 2.65. The SMILES string of the molecule is CCNCC(C)S(=O)(=O)N(CC)CCOC. The van der Waals surface area contributed by atoms with Crippen molar-refractivity contribution in [3.8, 4) is 0 Å². The molecule has 0 bridgehead atoms. The molecule has 0 aliphatic carbocycles. The van der Waals surface area contributed by atoms with Crippen LogP contribution in [0.1, 0.15) is 20.8 Å². The summed E-state index contributed by atoms with van der Waals surface area (Å²) in [4.78, 5) is 0. The molecule has 16 heavy (non-hydrogen) atoms. The molecule has 0 heterocycles. The first-order valence-electron chi connectivity index (χ1n) is 5.69. The average molecular weight is 252 g/mol. The smallest absolute Gasteiger partial charge is 0.218 e. The largest absolute Gasteiger partial charge is 0.383 e. The number of rotatable bonds is 9. The van der Waals surface area contributed by atoms with Crippen LogP contribution in [0.15, 0.2) is 0 Å². The van der Waals surface area contributed by atoms with E-state index in [2.05, 4.69) is 5.32 Å². The number of hydrogen-bond donors (Lipinski definition) is 1. The van der Waals surface area contributed by atoms with Gasteiger partial charge in [-0.1, -0.05) is 13.8 Å². The predicted molar refractivity (Wildman–Crippen MR) is 66.0 cm³/mol. The summed E-state index contributed by atoms with van der Waals surface area (Å²) in [6, 6.07) is 0. The fourth-order valence-electron chi connectivity index (χ4n) is 1.37. The summed E-state index contributed by atoms with van der Waals surface area (Å²) in [7, 11) is -1.63. The minimum atomic E-state index is -3.20. The molecule has 0 aliphatic rings. The molecule has 0 spiro atoms. The predicted octanol–water partition coefficient (Wildman–Crippen LogP) is 0.283. The van der Waals surface area contributed by atoms with Crippen molar-refractivity contribution in [1.82, 2.24) is 9.62 Å². The van der Waals surface area contributed by atoms with Gasteiger partial charge in [-0.25, -0.2) is 8.42 Å². The fraction of sp³-hybridized carbons (Fsp3) is 1.00. The lowest BCUT2D eigenvalue weighted by Crippen LogP contribution is -2.43. The first-order chi connectivity index (χ1) is 7.50. The molecule has 0 amide bonds. The summed E-state index contributed by atoms with van der Waals surface area (Å²) >= 11 is 0. The van der Waals surface area contributed by atoms with Crippen molar-refractivity contribution in [2.45, 2.75) is 26.0 Å². The summed E-state index contributed by atoms with van der Waals surface area (Å²) in [6.45, 7) is 8.14. The van der Waals surface area contributed by atoms with Crippen LogP contribution >= 0.6 is 0 Å². The minimum absolute atomic E-state index is 0.399. The second-order valence-electron chi connectivity index (χ2n) is 3.65. The molecule has 0 aromatic carbocycles. The highest BCUT2D eigenvalue weighted by Gasteiger charge is 2.26. The normalized spacial score (nSPS) is 14.3. The van der Waals surface area contributed by atoms with Gasteiger partial charge in [-0.3, -0.25) is 0 Å². The van der Waals surface area contributed by atoms with Gasteiger partial charge in [-0.15, -0.1) is 0 Å². The molecule has 0 radical (unpaired) electrons. The number of hydrogen-bond acceptors (Lipinski definition) is 4. The third-order valence-corrected chi connectivity index (χ3v) is 4.79. The van der Waals surface area contributed by atoms with Crippen molar-refractivity contribution in [2.75, 3.05) is 39.9 Å². The maximum absolute atomic E-state index is 12.1. The van der Waals surface area contributed by atoms with Gasteiger partial charge >= 0.3 is 0 Å². The molecule has 5 nitrogen and oxygen atoms in total. The van der Waals surface area contributed by atoms with Crippen molar-refractivity contribution in [1.29, 1.82) is 0 Å². The van der Waals surface area contributed by atoms with Gasteiger partial charge in [0.25, 0.3) is 0 Å². The van der Waals surface area contributed by atoms with Gasteiger partial charge in [0.1, 0.15) is 0 Å². The van der Waals surface area contributed by atoms with E-state index in [0.717, 1.165) is 6.54 Å². The van der Waals surface area contributed by atoms with Gasteiger partial charge in [-0.2, -0.15) is 4.31 Å². The Bertz CT molecular complexity index is 267. The molecule has 0 aliphatic heterocycles. The van der Waals surface area contributed by atoms with E-state index in [-0.39, 0.29) is 0 Å². The van der Waals surface area contributed by atoms with Crippen LogP contribution in [0.4, 0.5) is 0 Å². The zero-order chi connectivity index (χ0) is 12.6. The van der Waals surface area contributed by atoms with Gasteiger partial charge in [0, 0.05) is 26.7 Å². The third kappa shape index (κ3) is 4.78. The molecule has 0 fully saturated rings. The standard InChI is InChI=1S/C10H24N2O3S/c1-5-11-9-10(3)16(13,14)12(6-2)7-8-15-4/h10-11H,5-9H2,1-4H3. The Balaban J connectivity index is 4.46. The Labute approximate surface area is 99.2 Å². The number of sulfonamides is 1. The van der Waals surface area contributed by atoms with Gasteiger partial charge in [-0.05, 0) is 13.5 Å². The molecule has 1 atom stereocenters. The second kappa shape index (κ2) is 8.00. The lowest BCUT2D eigenvalue weighted by Gasteiger charge is -2.24. The van der Waals surface area contributed by atoms with E-state index >= 15 is 0 Å². The maximum atomic E-state index is 12.1. The lowest BCUT2D eigenvalue weighted by atomic mass is 10.5. The van der Waals surface area contributed by atoms with Crippen molar-refractivity contribution >= 4 is 10.0 Å². The molecule has 1 N–H and O–H groups in total. The highest BCUT2D eigenvalue weighted by atomic mass is 32.2. The van der Waals surface area contributed by atoms with Gasteiger partial charge < -0.3 is 10.1 Å². The Morgan fingerprint density at radius 1 is 1.38 bits per heavy atom. The van der Waals surface area contributed by atoms with E-state index in [1.54, 1.807) is 14.0 Å². The number of ether oxygens (including phenoxy) is 1. The van der Waals surface area contributed by atoms with Crippen LogP contribution in [-0.4, -0.2) is 57.9 Å².